The first-order chi connectivity index (χ1) is 15.0. The molecule has 2 atom stereocenters. The minimum Gasteiger partial charge on any atom is -0.363 e. The van der Waals surface area contributed by atoms with Crippen LogP contribution in [0.25, 0.3) is 0 Å². The van der Waals surface area contributed by atoms with Crippen LogP contribution in [0.4, 0.5) is 33.5 Å². The van der Waals surface area contributed by atoms with E-state index in [1.165, 1.54) is 0 Å². The molecule has 5 nitrogen and oxygen atoms in total. The van der Waals surface area contributed by atoms with E-state index in [1.54, 1.807) is 24.3 Å². The molecule has 12 heteroatoms. The number of halogens is 7. The maximum atomic E-state index is 14.0. The Morgan fingerprint density at radius 1 is 1.12 bits per heavy atom. The van der Waals surface area contributed by atoms with E-state index in [1.807, 2.05) is 0 Å². The minimum absolute atomic E-state index is 0.00436. The number of aromatic nitrogens is 2. The van der Waals surface area contributed by atoms with Gasteiger partial charge in [0, 0.05) is 27.5 Å². The molecule has 2 heterocycles. The Morgan fingerprint density at radius 3 is 2.44 bits per heavy atom. The van der Waals surface area contributed by atoms with Gasteiger partial charge < -0.3 is 10.6 Å². The lowest BCUT2D eigenvalue weighted by Gasteiger charge is -2.33. The SMILES string of the molecule is O=C(Nc1c(F)cc(F)cc1Br)c1cc2n(n1)[C@H](C(F)(F)F)C[C@@H](c1ccc(Br)cc1)N2. The number of rotatable bonds is 3. The molecular weight excluding hydrogens is 567 g/mol. The minimum atomic E-state index is -4.61. The molecule has 0 bridgehead atoms. The van der Waals surface area contributed by atoms with Gasteiger partial charge in [-0.25, -0.2) is 13.5 Å². The fourth-order valence-electron chi connectivity index (χ4n) is 3.44. The number of alkyl halides is 3. The van der Waals surface area contributed by atoms with Crippen LogP contribution >= 0.6 is 31.9 Å². The molecule has 0 saturated heterocycles. The van der Waals surface area contributed by atoms with Crippen LogP contribution in [0.15, 0.2) is 51.4 Å². The topological polar surface area (TPSA) is 59.0 Å². The maximum absolute atomic E-state index is 14.0. The summed E-state index contributed by atoms with van der Waals surface area (Å²) in [5.74, 6) is -2.85. The first-order valence-electron chi connectivity index (χ1n) is 9.17. The number of fused-ring (bicyclic) bond motifs is 1. The highest BCUT2D eigenvalue weighted by molar-refractivity contribution is 9.10. The zero-order valence-electron chi connectivity index (χ0n) is 15.9. The zero-order valence-corrected chi connectivity index (χ0v) is 19.0. The summed E-state index contributed by atoms with van der Waals surface area (Å²) in [6.07, 6.45) is -4.95. The van der Waals surface area contributed by atoms with Gasteiger partial charge in [-0.2, -0.15) is 18.3 Å². The van der Waals surface area contributed by atoms with Crippen molar-refractivity contribution in [3.63, 3.8) is 0 Å². The first-order valence-corrected chi connectivity index (χ1v) is 10.8. The van der Waals surface area contributed by atoms with E-state index in [-0.39, 0.29) is 28.1 Å². The number of hydrogen-bond donors (Lipinski definition) is 2. The Balaban J connectivity index is 1.66. The molecular formula is C20H13Br2F5N4O. The van der Waals surface area contributed by atoms with Crippen molar-refractivity contribution in [3.8, 4) is 0 Å². The lowest BCUT2D eigenvalue weighted by molar-refractivity contribution is -0.173. The van der Waals surface area contributed by atoms with Crippen molar-refractivity contribution in [3.05, 3.63) is 74.3 Å². The smallest absolute Gasteiger partial charge is 0.363 e. The average Bonchev–Trinajstić information content (AvgIpc) is 3.13. The van der Waals surface area contributed by atoms with Crippen LogP contribution in [-0.2, 0) is 0 Å². The van der Waals surface area contributed by atoms with E-state index in [0.29, 0.717) is 16.3 Å². The van der Waals surface area contributed by atoms with Gasteiger partial charge in [-0.3, -0.25) is 4.79 Å². The van der Waals surface area contributed by atoms with Gasteiger partial charge in [-0.1, -0.05) is 28.1 Å². The van der Waals surface area contributed by atoms with Crippen LogP contribution in [0.2, 0.25) is 0 Å². The predicted octanol–water partition coefficient (Wildman–Crippen LogP) is 6.60. The van der Waals surface area contributed by atoms with Crippen molar-refractivity contribution in [2.75, 3.05) is 10.6 Å². The van der Waals surface area contributed by atoms with Crippen LogP contribution in [0, 0.1) is 11.6 Å². The molecule has 2 N–H and O–H groups in total. The summed E-state index contributed by atoms with van der Waals surface area (Å²) in [6.45, 7) is 0. The van der Waals surface area contributed by atoms with Crippen molar-refractivity contribution in [2.24, 2.45) is 0 Å². The average molecular weight is 580 g/mol. The number of nitrogens with zero attached hydrogens (tertiary/aromatic N) is 2. The lowest BCUT2D eigenvalue weighted by atomic mass is 9.97. The molecule has 1 aromatic heterocycles. The Kier molecular flexibility index (Phi) is 6.01. The highest BCUT2D eigenvalue weighted by Crippen LogP contribution is 2.43. The lowest BCUT2D eigenvalue weighted by Crippen LogP contribution is -2.35. The number of amides is 1. The van der Waals surface area contributed by atoms with Crippen LogP contribution in [0.1, 0.15) is 34.6 Å². The van der Waals surface area contributed by atoms with Gasteiger partial charge in [0.25, 0.3) is 5.91 Å². The van der Waals surface area contributed by atoms with Gasteiger partial charge in [0.1, 0.15) is 11.6 Å². The fourth-order valence-corrected chi connectivity index (χ4v) is 4.21. The summed E-state index contributed by atoms with van der Waals surface area (Å²) < 4.78 is 70.1. The second kappa shape index (κ2) is 8.47. The summed E-state index contributed by atoms with van der Waals surface area (Å²) in [5.41, 5.74) is -0.0671. The Bertz CT molecular complexity index is 1160. The summed E-state index contributed by atoms with van der Waals surface area (Å²) >= 11 is 6.24. The van der Waals surface area contributed by atoms with E-state index in [4.69, 9.17) is 0 Å². The molecule has 4 rings (SSSR count). The van der Waals surface area contributed by atoms with Crippen molar-refractivity contribution in [1.82, 2.24) is 9.78 Å². The van der Waals surface area contributed by atoms with Crippen LogP contribution in [-0.4, -0.2) is 21.9 Å². The van der Waals surface area contributed by atoms with Gasteiger partial charge >= 0.3 is 6.18 Å². The van der Waals surface area contributed by atoms with E-state index in [2.05, 4.69) is 47.6 Å². The van der Waals surface area contributed by atoms with Gasteiger partial charge in [0.2, 0.25) is 0 Å². The first kappa shape index (κ1) is 22.7. The molecule has 168 valence electrons. The van der Waals surface area contributed by atoms with Crippen LogP contribution in [0.3, 0.4) is 0 Å². The third-order valence-electron chi connectivity index (χ3n) is 4.94. The fraction of sp³-hybridized carbons (Fsp3) is 0.200. The van der Waals surface area contributed by atoms with Crippen LogP contribution in [0.5, 0.6) is 0 Å². The second-order valence-electron chi connectivity index (χ2n) is 7.10. The molecule has 0 fully saturated rings. The van der Waals surface area contributed by atoms with Crippen LogP contribution < -0.4 is 10.6 Å². The number of hydrogen-bond acceptors (Lipinski definition) is 3. The Hall–Kier alpha value is -2.47. The molecule has 0 radical (unpaired) electrons. The van der Waals surface area contributed by atoms with E-state index in [0.717, 1.165) is 16.6 Å². The standard InChI is InChI=1S/C20H13Br2F5N4O/c21-10-3-1-9(2-4-10)14-7-16(20(25,26)27)31-17(28-14)8-15(30-31)19(32)29-18-12(22)5-11(23)6-13(18)24/h1-6,8,14,16,28H,7H2,(H,29,32)/t14-,16-/m0/s1. The normalized spacial score (nSPS) is 18.1. The summed E-state index contributed by atoms with van der Waals surface area (Å²) in [5, 5.41) is 9.01. The monoisotopic (exact) mass is 578 g/mol. The van der Waals surface area contributed by atoms with Crippen molar-refractivity contribution in [1.29, 1.82) is 0 Å². The molecule has 2 aromatic carbocycles. The molecule has 32 heavy (non-hydrogen) atoms. The molecule has 0 aliphatic carbocycles. The Morgan fingerprint density at radius 2 is 1.81 bits per heavy atom. The molecule has 1 amide bonds. The number of anilines is 2. The molecule has 0 spiro atoms. The highest BCUT2D eigenvalue weighted by atomic mass is 79.9. The zero-order chi connectivity index (χ0) is 23.2. The van der Waals surface area contributed by atoms with Gasteiger partial charge in [0.05, 0.1) is 11.7 Å². The number of carbonyl (C=O) groups excluding carboxylic acids is 1. The molecule has 0 unspecified atom stereocenters. The third kappa shape index (κ3) is 4.51. The van der Waals surface area contributed by atoms with Gasteiger partial charge in [-0.15, -0.1) is 0 Å². The van der Waals surface area contributed by atoms with E-state index >= 15 is 0 Å². The van der Waals surface area contributed by atoms with Crippen molar-refractivity contribution < 1.29 is 26.7 Å². The van der Waals surface area contributed by atoms with Gasteiger partial charge in [0.15, 0.2) is 17.6 Å². The summed E-state index contributed by atoms with van der Waals surface area (Å²) in [6, 6.07) is 6.88. The third-order valence-corrected chi connectivity index (χ3v) is 6.09. The second-order valence-corrected chi connectivity index (χ2v) is 8.87. The molecule has 1 aliphatic heterocycles. The van der Waals surface area contributed by atoms with Crippen molar-refractivity contribution in [2.45, 2.75) is 24.7 Å². The largest absolute Gasteiger partial charge is 0.410 e. The maximum Gasteiger partial charge on any atom is 0.410 e. The quantitative estimate of drug-likeness (QED) is 0.344. The van der Waals surface area contributed by atoms with Gasteiger partial charge in [-0.05, 0) is 39.7 Å². The number of benzene rings is 2. The summed E-state index contributed by atoms with van der Waals surface area (Å²) in [4.78, 5) is 12.6. The highest BCUT2D eigenvalue weighted by Gasteiger charge is 2.46. The molecule has 0 saturated carbocycles. The van der Waals surface area contributed by atoms with E-state index < -0.39 is 35.8 Å². The summed E-state index contributed by atoms with van der Waals surface area (Å²) in [7, 11) is 0. The predicted molar refractivity (Wildman–Crippen MR) is 114 cm³/mol. The number of nitrogens with one attached hydrogen (secondary N) is 2. The molecule has 1 aliphatic rings. The van der Waals surface area contributed by atoms with E-state index in [9.17, 15) is 26.7 Å². The van der Waals surface area contributed by atoms with Crippen molar-refractivity contribution >= 4 is 49.3 Å². The number of carbonyl (C=O) groups is 1. The Labute approximate surface area is 195 Å². The molecule has 3 aromatic rings.